The van der Waals surface area contributed by atoms with E-state index in [0.29, 0.717) is 9.86 Å². The first-order valence-electron chi connectivity index (χ1n) is 6.67. The third kappa shape index (κ3) is 2.83. The molecule has 3 rings (SSSR count). The average molecular weight is 373 g/mol. The molecule has 2 aromatic rings. The molecule has 0 unspecified atom stereocenters. The van der Waals surface area contributed by atoms with Gasteiger partial charge in [0.15, 0.2) is 0 Å². The topological polar surface area (TPSA) is 32.3 Å². The van der Waals surface area contributed by atoms with Gasteiger partial charge in [0.2, 0.25) is 5.91 Å². The van der Waals surface area contributed by atoms with Gasteiger partial charge in [-0.3, -0.25) is 10.2 Å². The van der Waals surface area contributed by atoms with Crippen LogP contribution in [-0.2, 0) is 4.79 Å². The number of amides is 1. The number of hydrogen-bond donors (Lipinski definition) is 1. The second-order valence-corrected chi connectivity index (χ2v) is 6.00. The normalized spacial score (nSPS) is 17.7. The second-order valence-electron chi connectivity index (χ2n) is 5.15. The van der Waals surface area contributed by atoms with Crippen LogP contribution in [0.15, 0.2) is 40.9 Å². The van der Waals surface area contributed by atoms with Crippen molar-refractivity contribution >= 4 is 32.6 Å². The molecule has 1 fully saturated rings. The van der Waals surface area contributed by atoms with Crippen molar-refractivity contribution in [3.8, 4) is 0 Å². The molecule has 2 aromatic carbocycles. The Labute approximate surface area is 133 Å². The molecule has 1 N–H and O–H groups in total. The van der Waals surface area contributed by atoms with Gasteiger partial charge in [0, 0.05) is 17.4 Å². The van der Waals surface area contributed by atoms with Crippen LogP contribution in [0.5, 0.6) is 0 Å². The van der Waals surface area contributed by atoms with E-state index in [0.717, 1.165) is 10.4 Å². The summed E-state index contributed by atoms with van der Waals surface area (Å²) in [5.41, 5.74) is 2.38. The maximum atomic E-state index is 13.5. The van der Waals surface area contributed by atoms with Crippen LogP contribution in [0.25, 0.3) is 10.8 Å². The molecule has 0 spiro atoms. The first kappa shape index (κ1) is 15.3. The number of nitrogens with one attached hydrogen (secondary N) is 1. The van der Waals surface area contributed by atoms with E-state index >= 15 is 0 Å². The number of fused-ring (bicyclic) bond motifs is 1. The van der Waals surface area contributed by atoms with Crippen molar-refractivity contribution in [1.82, 2.24) is 10.4 Å². The molecule has 1 aliphatic heterocycles. The summed E-state index contributed by atoms with van der Waals surface area (Å²) in [6, 6.07) is 8.32. The van der Waals surface area contributed by atoms with Crippen LogP contribution >= 0.6 is 15.9 Å². The van der Waals surface area contributed by atoms with Gasteiger partial charge >= 0.3 is 6.18 Å². The monoisotopic (exact) mass is 372 g/mol. The minimum atomic E-state index is -4.49. The Morgan fingerprint density at radius 3 is 2.59 bits per heavy atom. The molecule has 0 radical (unpaired) electrons. The zero-order valence-corrected chi connectivity index (χ0v) is 12.9. The lowest BCUT2D eigenvalue weighted by molar-refractivity contribution is -0.191. The SMILES string of the molecule is O=C1CCN([C@@H](c2cc(Br)c3ccccc3c2)C(F)(F)F)N1. The standard InChI is InChI=1S/C15H12BrF3N2O/c16-12-8-10(7-9-3-1-2-4-11(9)12)14(15(17,18)19)21-6-5-13(22)20-21/h1-4,7-8,14H,5-6H2,(H,20,22)/t14-/m0/s1. The first-order chi connectivity index (χ1) is 10.4. The molecule has 1 saturated heterocycles. The van der Waals surface area contributed by atoms with E-state index in [1.165, 1.54) is 12.1 Å². The van der Waals surface area contributed by atoms with Crippen molar-refractivity contribution in [2.45, 2.75) is 18.6 Å². The van der Waals surface area contributed by atoms with Crippen molar-refractivity contribution in [2.24, 2.45) is 0 Å². The molecule has 1 amide bonds. The van der Waals surface area contributed by atoms with E-state index in [1.54, 1.807) is 12.1 Å². The summed E-state index contributed by atoms with van der Waals surface area (Å²) in [7, 11) is 0. The van der Waals surface area contributed by atoms with Crippen LogP contribution in [0.4, 0.5) is 13.2 Å². The summed E-state index contributed by atoms with van der Waals surface area (Å²) < 4.78 is 41.1. The fraction of sp³-hybridized carbons (Fsp3) is 0.267. The minimum absolute atomic E-state index is 0.0352. The maximum absolute atomic E-state index is 13.5. The zero-order valence-electron chi connectivity index (χ0n) is 11.3. The van der Waals surface area contributed by atoms with Gasteiger partial charge in [-0.2, -0.15) is 13.2 Å². The number of carbonyl (C=O) groups excluding carboxylic acids is 1. The maximum Gasteiger partial charge on any atom is 0.409 e. The third-order valence-electron chi connectivity index (χ3n) is 3.62. The van der Waals surface area contributed by atoms with E-state index in [1.807, 2.05) is 12.1 Å². The molecule has 0 bridgehead atoms. The number of hydrazine groups is 1. The van der Waals surface area contributed by atoms with Crippen LogP contribution in [0.3, 0.4) is 0 Å². The van der Waals surface area contributed by atoms with Gasteiger partial charge in [0.1, 0.15) is 6.04 Å². The fourth-order valence-corrected chi connectivity index (χ4v) is 3.30. The Kier molecular flexibility index (Phi) is 3.86. The zero-order chi connectivity index (χ0) is 15.9. The van der Waals surface area contributed by atoms with E-state index in [2.05, 4.69) is 21.4 Å². The molecule has 22 heavy (non-hydrogen) atoms. The largest absolute Gasteiger partial charge is 0.409 e. The number of alkyl halides is 3. The highest BCUT2D eigenvalue weighted by Crippen LogP contribution is 2.40. The molecular weight excluding hydrogens is 361 g/mol. The molecule has 0 aromatic heterocycles. The van der Waals surface area contributed by atoms with E-state index in [4.69, 9.17) is 0 Å². The summed E-state index contributed by atoms with van der Waals surface area (Å²) in [5.74, 6) is -0.394. The molecule has 116 valence electrons. The summed E-state index contributed by atoms with van der Waals surface area (Å²) in [4.78, 5) is 11.3. The average Bonchev–Trinajstić information content (AvgIpc) is 2.83. The van der Waals surface area contributed by atoms with Crippen molar-refractivity contribution in [3.05, 3.63) is 46.4 Å². The highest BCUT2D eigenvalue weighted by Gasteiger charge is 2.47. The Morgan fingerprint density at radius 1 is 1.23 bits per heavy atom. The number of benzene rings is 2. The first-order valence-corrected chi connectivity index (χ1v) is 7.46. The van der Waals surface area contributed by atoms with Gasteiger partial charge in [-0.05, 0) is 28.5 Å². The highest BCUT2D eigenvalue weighted by molar-refractivity contribution is 9.10. The van der Waals surface area contributed by atoms with Gasteiger partial charge in [-0.1, -0.05) is 40.2 Å². The fourth-order valence-electron chi connectivity index (χ4n) is 2.68. The van der Waals surface area contributed by atoms with Gasteiger partial charge < -0.3 is 0 Å². The van der Waals surface area contributed by atoms with Gasteiger partial charge in [-0.25, -0.2) is 5.01 Å². The van der Waals surface area contributed by atoms with Gasteiger partial charge in [0.25, 0.3) is 0 Å². The third-order valence-corrected chi connectivity index (χ3v) is 4.28. The summed E-state index contributed by atoms with van der Waals surface area (Å²) in [6.07, 6.45) is -4.42. The van der Waals surface area contributed by atoms with Gasteiger partial charge in [0.05, 0.1) is 0 Å². The summed E-state index contributed by atoms with van der Waals surface area (Å²) >= 11 is 3.33. The van der Waals surface area contributed by atoms with Crippen LogP contribution in [0.1, 0.15) is 18.0 Å². The predicted molar refractivity (Wildman–Crippen MR) is 79.9 cm³/mol. The number of halogens is 4. The van der Waals surface area contributed by atoms with E-state index < -0.39 is 18.1 Å². The van der Waals surface area contributed by atoms with E-state index in [9.17, 15) is 18.0 Å². The lowest BCUT2D eigenvalue weighted by Gasteiger charge is -2.29. The van der Waals surface area contributed by atoms with Crippen molar-refractivity contribution < 1.29 is 18.0 Å². The lowest BCUT2D eigenvalue weighted by Crippen LogP contribution is -2.43. The molecule has 7 heteroatoms. The smallest absolute Gasteiger partial charge is 0.288 e. The highest BCUT2D eigenvalue weighted by atomic mass is 79.9. The lowest BCUT2D eigenvalue weighted by atomic mass is 10.0. The van der Waals surface area contributed by atoms with Crippen molar-refractivity contribution in [3.63, 3.8) is 0 Å². The Hall–Kier alpha value is -1.60. The Morgan fingerprint density at radius 2 is 1.95 bits per heavy atom. The second kappa shape index (κ2) is 5.55. The molecule has 3 nitrogen and oxygen atoms in total. The van der Waals surface area contributed by atoms with Crippen LogP contribution in [-0.4, -0.2) is 23.6 Å². The molecule has 1 atom stereocenters. The number of rotatable bonds is 2. The summed E-state index contributed by atoms with van der Waals surface area (Å²) in [5, 5.41) is 2.52. The van der Waals surface area contributed by atoms with Crippen molar-refractivity contribution in [1.29, 1.82) is 0 Å². The van der Waals surface area contributed by atoms with Crippen LogP contribution in [0.2, 0.25) is 0 Å². The number of carbonyl (C=O) groups is 1. The molecule has 1 heterocycles. The number of nitrogens with zero attached hydrogens (tertiary/aromatic N) is 1. The molecule has 0 saturated carbocycles. The number of hydrogen-bond acceptors (Lipinski definition) is 2. The van der Waals surface area contributed by atoms with E-state index in [-0.39, 0.29) is 18.5 Å². The molecule has 1 aliphatic rings. The quantitative estimate of drug-likeness (QED) is 0.865. The summed E-state index contributed by atoms with van der Waals surface area (Å²) in [6.45, 7) is 0.0352. The predicted octanol–water partition coefficient (Wildman–Crippen LogP) is 3.94. The Bertz CT molecular complexity index is 732. The molecular formula is C15H12BrF3N2O. The van der Waals surface area contributed by atoms with Crippen molar-refractivity contribution in [2.75, 3.05) is 6.54 Å². The Balaban J connectivity index is 2.10. The molecule has 0 aliphatic carbocycles. The minimum Gasteiger partial charge on any atom is -0.288 e. The van der Waals surface area contributed by atoms with Gasteiger partial charge in [-0.15, -0.1) is 0 Å². The van der Waals surface area contributed by atoms with Crippen LogP contribution < -0.4 is 5.43 Å². The van der Waals surface area contributed by atoms with Crippen LogP contribution in [0, 0.1) is 0 Å².